The molecule has 0 bridgehead atoms. The molecule has 2 aromatic rings. The number of rotatable bonds is 6. The fourth-order valence-corrected chi connectivity index (χ4v) is 2.66. The summed E-state index contributed by atoms with van der Waals surface area (Å²) in [6.07, 6.45) is 0. The van der Waals surface area contributed by atoms with Gasteiger partial charge >= 0.3 is 5.97 Å². The van der Waals surface area contributed by atoms with E-state index in [4.69, 9.17) is 9.84 Å². The Morgan fingerprint density at radius 3 is 2.27 bits per heavy atom. The number of hydrogen-bond acceptors (Lipinski definition) is 5. The standard InChI is InChI=1S/C19H16N2O5/c1-26-14-9-7-13(8-10-14)20-17-16(12-5-3-2-4-6-12)18(24)21(19(17)25)11-15(22)23/h2-10,20H,11H2,1H3,(H,22,23). The molecule has 2 amide bonds. The zero-order valence-electron chi connectivity index (χ0n) is 13.9. The first-order valence-corrected chi connectivity index (χ1v) is 7.80. The van der Waals surface area contributed by atoms with Crippen molar-refractivity contribution in [3.05, 3.63) is 65.9 Å². The molecule has 26 heavy (non-hydrogen) atoms. The maximum Gasteiger partial charge on any atom is 0.323 e. The molecule has 0 aliphatic carbocycles. The van der Waals surface area contributed by atoms with E-state index in [1.807, 2.05) is 0 Å². The molecule has 0 spiro atoms. The SMILES string of the molecule is COc1ccc(NC2=C(c3ccccc3)C(=O)N(CC(=O)O)C2=O)cc1. The lowest BCUT2D eigenvalue weighted by molar-refractivity contribution is -0.147. The van der Waals surface area contributed by atoms with Crippen LogP contribution in [0.1, 0.15) is 5.56 Å². The maximum absolute atomic E-state index is 12.7. The summed E-state index contributed by atoms with van der Waals surface area (Å²) in [7, 11) is 1.54. The van der Waals surface area contributed by atoms with Gasteiger partial charge < -0.3 is 15.2 Å². The molecule has 7 nitrogen and oxygen atoms in total. The Bertz CT molecular complexity index is 888. The smallest absolute Gasteiger partial charge is 0.323 e. The van der Waals surface area contributed by atoms with Crippen molar-refractivity contribution in [1.82, 2.24) is 4.90 Å². The number of hydrogen-bond donors (Lipinski definition) is 2. The molecular weight excluding hydrogens is 336 g/mol. The van der Waals surface area contributed by atoms with Gasteiger partial charge in [-0.25, -0.2) is 0 Å². The van der Waals surface area contributed by atoms with Gasteiger partial charge in [-0.05, 0) is 29.8 Å². The van der Waals surface area contributed by atoms with Gasteiger partial charge in [0.1, 0.15) is 18.0 Å². The van der Waals surface area contributed by atoms with Crippen LogP contribution in [0.2, 0.25) is 0 Å². The van der Waals surface area contributed by atoms with Crippen LogP contribution in [-0.4, -0.2) is 41.4 Å². The predicted octanol–water partition coefficient (Wildman–Crippen LogP) is 1.97. The number of nitrogens with zero attached hydrogens (tertiary/aromatic N) is 1. The highest BCUT2D eigenvalue weighted by Crippen LogP contribution is 2.30. The quantitative estimate of drug-likeness (QED) is 0.772. The normalized spacial score (nSPS) is 14.0. The number of benzene rings is 2. The number of imide groups is 1. The maximum atomic E-state index is 12.7. The first-order valence-electron chi connectivity index (χ1n) is 7.80. The van der Waals surface area contributed by atoms with Crippen molar-refractivity contribution < 1.29 is 24.2 Å². The zero-order valence-corrected chi connectivity index (χ0v) is 13.9. The number of aliphatic carboxylic acids is 1. The molecule has 132 valence electrons. The van der Waals surface area contributed by atoms with Gasteiger partial charge in [0.15, 0.2) is 0 Å². The molecule has 2 aromatic carbocycles. The number of carbonyl (C=O) groups excluding carboxylic acids is 2. The van der Waals surface area contributed by atoms with Gasteiger partial charge in [-0.3, -0.25) is 19.3 Å². The number of carboxylic acids is 1. The molecular formula is C19H16N2O5. The molecule has 0 saturated heterocycles. The molecule has 0 saturated carbocycles. The molecule has 1 aliphatic rings. The molecule has 1 aliphatic heterocycles. The molecule has 3 rings (SSSR count). The third-order valence-corrected chi connectivity index (χ3v) is 3.88. The number of ether oxygens (including phenoxy) is 1. The minimum atomic E-state index is -1.26. The number of nitrogens with one attached hydrogen (secondary N) is 1. The monoisotopic (exact) mass is 352 g/mol. The first kappa shape index (κ1) is 17.2. The largest absolute Gasteiger partial charge is 0.497 e. The summed E-state index contributed by atoms with van der Waals surface area (Å²) in [5, 5.41) is 11.9. The Labute approximate surface area is 149 Å². The highest BCUT2D eigenvalue weighted by Gasteiger charge is 2.40. The third-order valence-electron chi connectivity index (χ3n) is 3.88. The van der Waals surface area contributed by atoms with Gasteiger partial charge in [0.2, 0.25) is 0 Å². The van der Waals surface area contributed by atoms with E-state index in [1.54, 1.807) is 61.7 Å². The van der Waals surface area contributed by atoms with Crippen molar-refractivity contribution in [2.75, 3.05) is 19.0 Å². The summed E-state index contributed by atoms with van der Waals surface area (Å²) in [6.45, 7) is -0.693. The lowest BCUT2D eigenvalue weighted by Gasteiger charge is -2.12. The molecule has 7 heteroatoms. The van der Waals surface area contributed by atoms with E-state index in [0.29, 0.717) is 17.0 Å². The minimum absolute atomic E-state index is 0.0487. The van der Waals surface area contributed by atoms with E-state index in [1.165, 1.54) is 0 Å². The average molecular weight is 352 g/mol. The van der Waals surface area contributed by atoms with E-state index >= 15 is 0 Å². The number of amides is 2. The summed E-state index contributed by atoms with van der Waals surface area (Å²) in [6, 6.07) is 15.5. The fourth-order valence-electron chi connectivity index (χ4n) is 2.66. The topological polar surface area (TPSA) is 95.9 Å². The minimum Gasteiger partial charge on any atom is -0.497 e. The van der Waals surface area contributed by atoms with Crippen LogP contribution < -0.4 is 10.1 Å². The predicted molar refractivity (Wildman–Crippen MR) is 94.3 cm³/mol. The van der Waals surface area contributed by atoms with Gasteiger partial charge in [-0.2, -0.15) is 0 Å². The summed E-state index contributed by atoms with van der Waals surface area (Å²) >= 11 is 0. The van der Waals surface area contributed by atoms with Crippen molar-refractivity contribution in [2.45, 2.75) is 0 Å². The van der Waals surface area contributed by atoms with Crippen molar-refractivity contribution in [3.63, 3.8) is 0 Å². The zero-order chi connectivity index (χ0) is 18.7. The molecule has 0 atom stereocenters. The Hall–Kier alpha value is -3.61. The van der Waals surface area contributed by atoms with Crippen molar-refractivity contribution in [1.29, 1.82) is 0 Å². The van der Waals surface area contributed by atoms with E-state index in [0.717, 1.165) is 4.90 Å². The van der Waals surface area contributed by atoms with Crippen LogP contribution in [0.4, 0.5) is 5.69 Å². The summed E-state index contributed by atoms with van der Waals surface area (Å²) in [5.41, 5.74) is 1.31. The second kappa shape index (κ2) is 7.10. The molecule has 2 N–H and O–H groups in total. The summed E-state index contributed by atoms with van der Waals surface area (Å²) < 4.78 is 5.09. The van der Waals surface area contributed by atoms with Crippen LogP contribution in [0, 0.1) is 0 Å². The van der Waals surface area contributed by atoms with Crippen LogP contribution in [0.25, 0.3) is 5.57 Å². The van der Waals surface area contributed by atoms with E-state index in [-0.39, 0.29) is 11.3 Å². The van der Waals surface area contributed by atoms with Crippen molar-refractivity contribution >= 4 is 29.0 Å². The molecule has 0 unspecified atom stereocenters. The summed E-state index contributed by atoms with van der Waals surface area (Å²) in [5.74, 6) is -1.93. The van der Waals surface area contributed by atoms with Gasteiger partial charge in [-0.15, -0.1) is 0 Å². The highest BCUT2D eigenvalue weighted by molar-refractivity contribution is 6.37. The first-order chi connectivity index (χ1) is 12.5. The van der Waals surface area contributed by atoms with E-state index < -0.39 is 24.3 Å². The molecule has 0 radical (unpaired) electrons. The van der Waals surface area contributed by atoms with Gasteiger partial charge in [0.05, 0.1) is 12.7 Å². The van der Waals surface area contributed by atoms with Crippen LogP contribution in [0.3, 0.4) is 0 Å². The summed E-state index contributed by atoms with van der Waals surface area (Å²) in [4.78, 5) is 37.1. The van der Waals surface area contributed by atoms with Crippen LogP contribution >= 0.6 is 0 Å². The van der Waals surface area contributed by atoms with E-state index in [9.17, 15) is 14.4 Å². The van der Waals surface area contributed by atoms with Crippen molar-refractivity contribution in [3.8, 4) is 5.75 Å². The van der Waals surface area contributed by atoms with Crippen LogP contribution in [0.5, 0.6) is 5.75 Å². The van der Waals surface area contributed by atoms with Crippen LogP contribution in [0.15, 0.2) is 60.3 Å². The Morgan fingerprint density at radius 2 is 1.69 bits per heavy atom. The number of carbonyl (C=O) groups is 3. The molecule has 1 heterocycles. The lowest BCUT2D eigenvalue weighted by atomic mass is 10.0. The van der Waals surface area contributed by atoms with Gasteiger partial charge in [0, 0.05) is 5.69 Å². The molecule has 0 aromatic heterocycles. The van der Waals surface area contributed by atoms with Crippen LogP contribution in [-0.2, 0) is 14.4 Å². The number of anilines is 1. The van der Waals surface area contributed by atoms with Gasteiger partial charge in [-0.1, -0.05) is 30.3 Å². The fraction of sp³-hybridized carbons (Fsp3) is 0.105. The Kier molecular flexibility index (Phi) is 4.70. The van der Waals surface area contributed by atoms with Crippen molar-refractivity contribution in [2.24, 2.45) is 0 Å². The highest BCUT2D eigenvalue weighted by atomic mass is 16.5. The second-order valence-electron chi connectivity index (χ2n) is 5.56. The number of carboxylic acid groups (broad SMARTS) is 1. The van der Waals surface area contributed by atoms with E-state index in [2.05, 4.69) is 5.32 Å². The Morgan fingerprint density at radius 1 is 1.04 bits per heavy atom. The second-order valence-corrected chi connectivity index (χ2v) is 5.56. The van der Waals surface area contributed by atoms with Gasteiger partial charge in [0.25, 0.3) is 11.8 Å². The average Bonchev–Trinajstić information content (AvgIpc) is 2.87. The number of methoxy groups -OCH3 is 1. The Balaban J connectivity index is 2.02. The third kappa shape index (κ3) is 3.27. The lowest BCUT2D eigenvalue weighted by Crippen LogP contribution is -2.36. The molecule has 0 fully saturated rings.